The minimum Gasteiger partial charge on any atom is -0.473 e. The molecule has 6 heteroatoms. The molecule has 0 amide bonds. The summed E-state index contributed by atoms with van der Waals surface area (Å²) in [6, 6.07) is 0. The van der Waals surface area contributed by atoms with E-state index in [2.05, 4.69) is 0 Å². The predicted octanol–water partition coefficient (Wildman–Crippen LogP) is -0.844. The molecule has 0 bridgehead atoms. The fourth-order valence-electron chi connectivity index (χ4n) is 0. The average molecular weight is 370 g/mol. The quantitative estimate of drug-likeness (QED) is 0.545. The molecule has 0 fully saturated rings. The Bertz CT molecular complexity index is 78.0. The maximum Gasteiger partial charge on any atom is 0.414 e. The third-order valence-electron chi connectivity index (χ3n) is 0.183. The van der Waals surface area contributed by atoms with Crippen molar-refractivity contribution in [3.8, 4) is 0 Å². The van der Waals surface area contributed by atoms with Crippen LogP contribution >= 0.6 is 0 Å². The monoisotopic (exact) mass is 370 g/mol. The second-order valence-electron chi connectivity index (χ2n) is 0.610. The second kappa shape index (κ2) is 8.69. The van der Waals surface area contributed by atoms with Gasteiger partial charge >= 0.3 is 11.9 Å². The minimum atomic E-state index is -1.82. The van der Waals surface area contributed by atoms with Crippen LogP contribution in [0.4, 0.5) is 0 Å². The van der Waals surface area contributed by atoms with Gasteiger partial charge in [0, 0.05) is 83.5 Å². The van der Waals surface area contributed by atoms with Gasteiger partial charge in [-0.25, -0.2) is 9.59 Å². The zero-order valence-corrected chi connectivity index (χ0v) is 9.99. The SMILES string of the molecule is O=C(O)C(=O)O.[Ce].[Ce]. The molecule has 0 saturated heterocycles. The fourth-order valence-corrected chi connectivity index (χ4v) is 0. The maximum absolute atomic E-state index is 9.10. The Kier molecular flexibility index (Phi) is 17.8. The molecule has 0 aliphatic carbocycles. The van der Waals surface area contributed by atoms with Gasteiger partial charge < -0.3 is 10.2 Å². The second-order valence-corrected chi connectivity index (χ2v) is 0.610. The summed E-state index contributed by atoms with van der Waals surface area (Å²) in [4.78, 5) is 18.2. The molecule has 0 aromatic rings. The summed E-state index contributed by atoms with van der Waals surface area (Å²) in [5.74, 6) is -3.65. The van der Waals surface area contributed by atoms with Crippen LogP contribution in [0, 0.1) is 83.5 Å². The van der Waals surface area contributed by atoms with E-state index in [1.165, 1.54) is 0 Å². The van der Waals surface area contributed by atoms with Crippen molar-refractivity contribution in [3.05, 3.63) is 0 Å². The molecular formula is C2H2Ce2O4. The standard InChI is InChI=1S/C2H2O4.2Ce/c3-1(4)2(5)6;;/h(H,3,4)(H,5,6);;. The van der Waals surface area contributed by atoms with E-state index in [0.717, 1.165) is 0 Å². The van der Waals surface area contributed by atoms with Crippen LogP contribution in [0.2, 0.25) is 0 Å². The Labute approximate surface area is 113 Å². The van der Waals surface area contributed by atoms with E-state index in [0.29, 0.717) is 0 Å². The first kappa shape index (κ1) is 16.4. The van der Waals surface area contributed by atoms with Gasteiger partial charge in [-0.05, 0) is 0 Å². The number of carboxylic acid groups (broad SMARTS) is 2. The molecule has 0 spiro atoms. The number of hydrogen-bond donors (Lipinski definition) is 2. The van der Waals surface area contributed by atoms with Crippen molar-refractivity contribution in [2.45, 2.75) is 0 Å². The van der Waals surface area contributed by atoms with E-state index >= 15 is 0 Å². The topological polar surface area (TPSA) is 74.6 Å². The first-order valence-corrected chi connectivity index (χ1v) is 1.11. The van der Waals surface area contributed by atoms with E-state index in [1.54, 1.807) is 0 Å². The fraction of sp³-hybridized carbons (Fsp3) is 0. The maximum atomic E-state index is 9.10. The van der Waals surface area contributed by atoms with E-state index in [9.17, 15) is 0 Å². The van der Waals surface area contributed by atoms with Crippen LogP contribution in [0.25, 0.3) is 0 Å². The van der Waals surface area contributed by atoms with Crippen molar-refractivity contribution in [2.75, 3.05) is 0 Å². The van der Waals surface area contributed by atoms with Crippen LogP contribution in [-0.4, -0.2) is 22.2 Å². The number of hydrogen-bond acceptors (Lipinski definition) is 2. The Hall–Kier alpha value is 1.69. The summed E-state index contributed by atoms with van der Waals surface area (Å²) in [5, 5.41) is 14.8. The van der Waals surface area contributed by atoms with Gasteiger partial charge in [0.25, 0.3) is 0 Å². The van der Waals surface area contributed by atoms with Crippen LogP contribution in [-0.2, 0) is 9.59 Å². The van der Waals surface area contributed by atoms with Crippen molar-refractivity contribution in [1.29, 1.82) is 0 Å². The van der Waals surface area contributed by atoms with Crippen molar-refractivity contribution in [2.24, 2.45) is 0 Å². The molecule has 0 aromatic heterocycles. The van der Waals surface area contributed by atoms with E-state index in [-0.39, 0.29) is 83.5 Å². The normalized spacial score (nSPS) is 5.50. The molecule has 0 aliphatic rings. The number of aliphatic carboxylic acids is 2. The van der Waals surface area contributed by atoms with Gasteiger partial charge in [0.1, 0.15) is 0 Å². The summed E-state index contributed by atoms with van der Waals surface area (Å²) >= 11 is 0. The Balaban J connectivity index is -0.000000125. The molecule has 42 valence electrons. The summed E-state index contributed by atoms with van der Waals surface area (Å²) in [7, 11) is 0. The molecule has 4 nitrogen and oxygen atoms in total. The third-order valence-corrected chi connectivity index (χ3v) is 0.183. The number of carbonyl (C=O) groups is 2. The third kappa shape index (κ3) is 10.6. The number of carboxylic acids is 2. The van der Waals surface area contributed by atoms with Crippen LogP contribution in [0.3, 0.4) is 0 Å². The van der Waals surface area contributed by atoms with Crippen LogP contribution < -0.4 is 0 Å². The van der Waals surface area contributed by atoms with E-state index in [1.807, 2.05) is 0 Å². The van der Waals surface area contributed by atoms with E-state index < -0.39 is 11.9 Å². The first-order chi connectivity index (χ1) is 2.64. The van der Waals surface area contributed by atoms with E-state index in [4.69, 9.17) is 19.8 Å². The van der Waals surface area contributed by atoms with Crippen LogP contribution in [0.15, 0.2) is 0 Å². The molecule has 8 heavy (non-hydrogen) atoms. The van der Waals surface area contributed by atoms with Crippen molar-refractivity contribution in [1.82, 2.24) is 0 Å². The molecule has 0 radical (unpaired) electrons. The largest absolute Gasteiger partial charge is 0.473 e. The van der Waals surface area contributed by atoms with Gasteiger partial charge in [-0.1, -0.05) is 0 Å². The molecular weight excluding hydrogens is 368 g/mol. The van der Waals surface area contributed by atoms with Crippen molar-refractivity contribution in [3.63, 3.8) is 0 Å². The molecule has 0 saturated carbocycles. The molecule has 0 aromatic carbocycles. The van der Waals surface area contributed by atoms with Crippen molar-refractivity contribution < 1.29 is 103 Å². The molecule has 2 N–H and O–H groups in total. The first-order valence-electron chi connectivity index (χ1n) is 1.11. The molecule has 0 heterocycles. The van der Waals surface area contributed by atoms with Gasteiger partial charge in [-0.15, -0.1) is 0 Å². The van der Waals surface area contributed by atoms with Gasteiger partial charge in [0.15, 0.2) is 0 Å². The Morgan fingerprint density at radius 1 is 0.875 bits per heavy atom. The van der Waals surface area contributed by atoms with Crippen molar-refractivity contribution >= 4 is 11.9 Å². The molecule has 0 atom stereocenters. The number of rotatable bonds is 0. The molecule has 0 aliphatic heterocycles. The Morgan fingerprint density at radius 2 is 1.00 bits per heavy atom. The van der Waals surface area contributed by atoms with Gasteiger partial charge in [-0.3, -0.25) is 0 Å². The van der Waals surface area contributed by atoms with Crippen LogP contribution in [0.1, 0.15) is 0 Å². The zero-order valence-electron chi connectivity index (χ0n) is 3.71. The Morgan fingerprint density at radius 3 is 1.00 bits per heavy atom. The molecule has 0 unspecified atom stereocenters. The smallest absolute Gasteiger partial charge is 0.414 e. The average Bonchev–Trinajstić information content (AvgIpc) is 1.36. The summed E-state index contributed by atoms with van der Waals surface area (Å²) < 4.78 is 0. The summed E-state index contributed by atoms with van der Waals surface area (Å²) in [6.07, 6.45) is 0. The van der Waals surface area contributed by atoms with Crippen LogP contribution in [0.5, 0.6) is 0 Å². The van der Waals surface area contributed by atoms with Gasteiger partial charge in [0.05, 0.1) is 0 Å². The molecule has 0 rings (SSSR count). The van der Waals surface area contributed by atoms with Gasteiger partial charge in [-0.2, -0.15) is 0 Å². The summed E-state index contributed by atoms with van der Waals surface area (Å²) in [5.41, 5.74) is 0. The minimum absolute atomic E-state index is 0. The van der Waals surface area contributed by atoms with Gasteiger partial charge in [0.2, 0.25) is 0 Å². The predicted molar refractivity (Wildman–Crippen MR) is 15.3 cm³/mol. The zero-order chi connectivity index (χ0) is 5.15. The summed E-state index contributed by atoms with van der Waals surface area (Å²) in [6.45, 7) is 0.